The molecule has 0 aromatic heterocycles. The van der Waals surface area contributed by atoms with Gasteiger partial charge in [-0.15, -0.1) is 0 Å². The molecule has 28 heavy (non-hydrogen) atoms. The van der Waals surface area contributed by atoms with Crippen molar-refractivity contribution in [2.45, 2.75) is 50.4 Å². The van der Waals surface area contributed by atoms with E-state index in [9.17, 15) is 9.18 Å². The molecule has 0 bridgehead atoms. The molecule has 2 N–H and O–H groups in total. The highest BCUT2D eigenvalue weighted by molar-refractivity contribution is 9.10. The summed E-state index contributed by atoms with van der Waals surface area (Å²) in [5.74, 6) is -0.796. The largest absolute Gasteiger partial charge is 0.455 e. The molecule has 0 radical (unpaired) electrons. The highest BCUT2D eigenvalue weighted by atomic mass is 79.9. The van der Waals surface area contributed by atoms with Crippen LogP contribution in [0.2, 0.25) is 0 Å². The van der Waals surface area contributed by atoms with E-state index in [1.807, 2.05) is 0 Å². The first-order valence-corrected chi connectivity index (χ1v) is 10.1. The van der Waals surface area contributed by atoms with Crippen molar-refractivity contribution in [3.05, 3.63) is 46.2 Å². The SMILES string of the molecule is C=C1C(=O)O[C@H]2[C@H]1CC/C(C=Nc1c(N)cc(F)cc1Br)=C\CC[C@@]1(C)O[C@@H]21. The lowest BCUT2D eigenvalue weighted by molar-refractivity contribution is -0.140. The van der Waals surface area contributed by atoms with Crippen molar-refractivity contribution in [3.63, 3.8) is 0 Å². The predicted molar refractivity (Wildman–Crippen MR) is 109 cm³/mol. The van der Waals surface area contributed by atoms with Gasteiger partial charge in [-0.3, -0.25) is 4.99 Å². The number of aliphatic imine (C=N–C) groups is 1. The Bertz CT molecular complexity index is 890. The zero-order valence-corrected chi connectivity index (χ0v) is 17.2. The predicted octanol–water partition coefficient (Wildman–Crippen LogP) is 4.63. The Kier molecular flexibility index (Phi) is 4.91. The maximum atomic E-state index is 13.4. The molecule has 2 saturated heterocycles. The molecule has 2 fully saturated rings. The second-order valence-electron chi connectivity index (χ2n) is 7.79. The molecule has 1 aromatic carbocycles. The summed E-state index contributed by atoms with van der Waals surface area (Å²) in [6.45, 7) is 5.99. The highest BCUT2D eigenvalue weighted by Crippen LogP contribution is 2.49. The third-order valence-electron chi connectivity index (χ3n) is 5.80. The molecule has 1 aliphatic carbocycles. The van der Waals surface area contributed by atoms with Gasteiger partial charge in [-0.25, -0.2) is 9.18 Å². The summed E-state index contributed by atoms with van der Waals surface area (Å²) in [4.78, 5) is 16.5. The molecule has 4 rings (SSSR count). The molecule has 2 heterocycles. The molecular formula is C21H22BrFN2O3. The van der Waals surface area contributed by atoms with Crippen molar-refractivity contribution in [1.82, 2.24) is 0 Å². The number of carbonyl (C=O) groups is 1. The van der Waals surface area contributed by atoms with Gasteiger partial charge in [0.05, 0.1) is 11.3 Å². The average molecular weight is 449 g/mol. The molecule has 0 amide bonds. The summed E-state index contributed by atoms with van der Waals surface area (Å²) in [5, 5.41) is 0. The number of halogens is 2. The lowest BCUT2D eigenvalue weighted by Crippen LogP contribution is -2.28. The zero-order chi connectivity index (χ0) is 20.1. The van der Waals surface area contributed by atoms with Crippen molar-refractivity contribution in [2.24, 2.45) is 10.9 Å². The molecule has 1 aromatic rings. The first-order chi connectivity index (χ1) is 13.3. The highest BCUT2D eigenvalue weighted by Gasteiger charge is 2.61. The molecule has 7 heteroatoms. The number of carbonyl (C=O) groups excluding carboxylic acids is 1. The van der Waals surface area contributed by atoms with E-state index in [1.54, 1.807) is 6.21 Å². The summed E-state index contributed by atoms with van der Waals surface area (Å²) in [5.41, 5.74) is 7.95. The van der Waals surface area contributed by atoms with E-state index in [0.29, 0.717) is 15.7 Å². The monoisotopic (exact) mass is 448 g/mol. The van der Waals surface area contributed by atoms with Gasteiger partial charge in [0.2, 0.25) is 0 Å². The van der Waals surface area contributed by atoms with Crippen LogP contribution >= 0.6 is 15.9 Å². The van der Waals surface area contributed by atoms with Gasteiger partial charge in [0.25, 0.3) is 0 Å². The topological polar surface area (TPSA) is 77.2 Å². The smallest absolute Gasteiger partial charge is 0.334 e. The van der Waals surface area contributed by atoms with Crippen molar-refractivity contribution in [1.29, 1.82) is 0 Å². The summed E-state index contributed by atoms with van der Waals surface area (Å²) in [7, 11) is 0. The Morgan fingerprint density at radius 3 is 3.00 bits per heavy atom. The van der Waals surface area contributed by atoms with Crippen molar-refractivity contribution >= 4 is 39.5 Å². The van der Waals surface area contributed by atoms with Crippen LogP contribution < -0.4 is 5.73 Å². The van der Waals surface area contributed by atoms with Crippen LogP contribution in [0.1, 0.15) is 32.6 Å². The van der Waals surface area contributed by atoms with Crippen LogP contribution in [-0.4, -0.2) is 30.0 Å². The Balaban J connectivity index is 1.58. The number of allylic oxidation sites excluding steroid dienone is 2. The second-order valence-corrected chi connectivity index (χ2v) is 8.65. The molecule has 0 saturated carbocycles. The van der Waals surface area contributed by atoms with Gasteiger partial charge >= 0.3 is 5.97 Å². The average Bonchev–Trinajstić information content (AvgIpc) is 3.20. The number of esters is 1. The quantitative estimate of drug-likeness (QED) is 0.235. The molecule has 5 nitrogen and oxygen atoms in total. The first-order valence-electron chi connectivity index (χ1n) is 9.34. The fraction of sp³-hybridized carbons (Fsp3) is 0.429. The molecule has 3 aliphatic rings. The van der Waals surface area contributed by atoms with Gasteiger partial charge in [-0.2, -0.15) is 0 Å². The van der Waals surface area contributed by atoms with Gasteiger partial charge in [-0.05, 0) is 66.2 Å². The van der Waals surface area contributed by atoms with Crippen LogP contribution in [0.4, 0.5) is 15.8 Å². The number of nitrogen functional groups attached to an aromatic ring is 1. The summed E-state index contributed by atoms with van der Waals surface area (Å²) in [6, 6.07) is 2.59. The number of nitrogens with two attached hydrogens (primary N) is 1. The number of benzene rings is 1. The van der Waals surface area contributed by atoms with E-state index < -0.39 is 5.82 Å². The Morgan fingerprint density at radius 1 is 1.46 bits per heavy atom. The minimum Gasteiger partial charge on any atom is -0.455 e. The molecular weight excluding hydrogens is 427 g/mol. The van der Waals surface area contributed by atoms with E-state index in [1.165, 1.54) is 12.1 Å². The van der Waals surface area contributed by atoms with E-state index >= 15 is 0 Å². The fourth-order valence-electron chi connectivity index (χ4n) is 4.07. The van der Waals surface area contributed by atoms with Gasteiger partial charge in [0.15, 0.2) is 0 Å². The summed E-state index contributed by atoms with van der Waals surface area (Å²) in [6.07, 6.45) is 6.71. The van der Waals surface area contributed by atoms with Gasteiger partial charge < -0.3 is 15.2 Å². The number of nitrogens with zero attached hydrogens (tertiary/aromatic N) is 1. The zero-order valence-electron chi connectivity index (χ0n) is 15.6. The van der Waals surface area contributed by atoms with Crippen molar-refractivity contribution in [3.8, 4) is 0 Å². The number of epoxide rings is 1. The number of hydrogen-bond donors (Lipinski definition) is 1. The Morgan fingerprint density at radius 2 is 2.25 bits per heavy atom. The van der Waals surface area contributed by atoms with E-state index in [2.05, 4.69) is 40.5 Å². The normalized spacial score (nSPS) is 34.4. The minimum atomic E-state index is -0.413. The van der Waals surface area contributed by atoms with Crippen LogP contribution in [0.15, 0.2) is 45.4 Å². The third kappa shape index (κ3) is 3.53. The summed E-state index contributed by atoms with van der Waals surface area (Å²) >= 11 is 3.31. The third-order valence-corrected chi connectivity index (χ3v) is 6.40. The number of rotatable bonds is 2. The number of ether oxygens (including phenoxy) is 2. The van der Waals surface area contributed by atoms with Crippen molar-refractivity contribution < 1.29 is 18.7 Å². The van der Waals surface area contributed by atoms with Gasteiger partial charge in [0, 0.05) is 22.2 Å². The van der Waals surface area contributed by atoms with E-state index in [4.69, 9.17) is 15.2 Å². The van der Waals surface area contributed by atoms with Crippen LogP contribution in [0.5, 0.6) is 0 Å². The van der Waals surface area contributed by atoms with Crippen LogP contribution in [0.25, 0.3) is 0 Å². The molecule has 2 aliphatic heterocycles. The van der Waals surface area contributed by atoms with Crippen LogP contribution in [0, 0.1) is 11.7 Å². The molecule has 0 unspecified atom stereocenters. The lowest BCUT2D eigenvalue weighted by atomic mass is 9.84. The number of anilines is 1. The maximum Gasteiger partial charge on any atom is 0.334 e. The lowest BCUT2D eigenvalue weighted by Gasteiger charge is -2.19. The standard InChI is InChI=1S/C21H22BrFN2O3/c1-11-14-6-5-12(10-25-17-15(22)8-13(23)9-16(17)24)4-3-7-21(2)19(28-21)18(14)27-20(11)26/h4,8-10,14,18-19H,1,3,5-7,24H2,2H3/b12-4+,25-10?/t14-,18-,19-,21+/m0/s1. The van der Waals surface area contributed by atoms with Gasteiger partial charge in [0.1, 0.15) is 23.7 Å². The van der Waals surface area contributed by atoms with Crippen LogP contribution in [-0.2, 0) is 14.3 Å². The van der Waals surface area contributed by atoms with E-state index in [0.717, 1.165) is 31.3 Å². The minimum absolute atomic E-state index is 0.0562. The Hall–Kier alpha value is -1.99. The summed E-state index contributed by atoms with van der Waals surface area (Å²) < 4.78 is 25.4. The molecule has 0 spiro atoms. The van der Waals surface area contributed by atoms with E-state index in [-0.39, 0.29) is 35.4 Å². The molecule has 148 valence electrons. The fourth-order valence-corrected chi connectivity index (χ4v) is 4.62. The Labute approximate surface area is 171 Å². The van der Waals surface area contributed by atoms with Crippen molar-refractivity contribution in [2.75, 3.05) is 5.73 Å². The second kappa shape index (κ2) is 7.12. The van der Waals surface area contributed by atoms with Crippen LogP contribution in [0.3, 0.4) is 0 Å². The molecule has 4 atom stereocenters. The van der Waals surface area contributed by atoms with Gasteiger partial charge in [-0.1, -0.05) is 12.7 Å². The number of hydrogen-bond acceptors (Lipinski definition) is 5. The number of fused-ring (bicyclic) bond motifs is 3. The first kappa shape index (κ1) is 19.3. The maximum absolute atomic E-state index is 13.4.